The second-order valence-corrected chi connectivity index (χ2v) is 7.07. The second-order valence-electron chi connectivity index (χ2n) is 6.12. The van der Waals surface area contributed by atoms with Gasteiger partial charge in [-0.3, -0.25) is 4.99 Å². The minimum Gasteiger partial charge on any atom is -0.356 e. The Balaban J connectivity index is 1.53. The molecule has 0 saturated carbocycles. The number of thiazole rings is 1. The van der Waals surface area contributed by atoms with Gasteiger partial charge in [-0.15, -0.1) is 11.3 Å². The Bertz CT molecular complexity index is 519. The minimum atomic E-state index is 0.923. The lowest BCUT2D eigenvalue weighted by molar-refractivity contribution is 0.660. The number of guanidine groups is 1. The lowest BCUT2D eigenvalue weighted by Crippen LogP contribution is -2.38. The average molecular weight is 335 g/mol. The van der Waals surface area contributed by atoms with Gasteiger partial charge in [-0.25, -0.2) is 4.98 Å². The molecule has 5 heteroatoms. The van der Waals surface area contributed by atoms with Gasteiger partial charge < -0.3 is 10.6 Å². The van der Waals surface area contributed by atoms with Crippen LogP contribution in [0.15, 0.2) is 22.0 Å². The number of aryl methyl sites for hydroxylation is 2. The SMILES string of the molecule is CN=C(NCCCCc1nc(C)cs1)NCCC1=CCCCC1. The van der Waals surface area contributed by atoms with Crippen molar-refractivity contribution in [3.05, 3.63) is 27.7 Å². The third kappa shape index (κ3) is 7.16. The quantitative estimate of drug-likeness (QED) is 0.329. The van der Waals surface area contributed by atoms with E-state index in [-0.39, 0.29) is 0 Å². The van der Waals surface area contributed by atoms with Gasteiger partial charge in [0.2, 0.25) is 0 Å². The van der Waals surface area contributed by atoms with E-state index in [4.69, 9.17) is 0 Å². The summed E-state index contributed by atoms with van der Waals surface area (Å²) in [4.78, 5) is 8.80. The Kier molecular flexibility index (Phi) is 8.15. The third-order valence-corrected chi connectivity index (χ3v) is 5.15. The van der Waals surface area contributed by atoms with Crippen LogP contribution >= 0.6 is 11.3 Å². The molecule has 0 aromatic carbocycles. The fourth-order valence-corrected chi connectivity index (χ4v) is 3.64. The average Bonchev–Trinajstić information content (AvgIpc) is 2.99. The molecule has 1 aliphatic carbocycles. The highest BCUT2D eigenvalue weighted by atomic mass is 32.1. The van der Waals surface area contributed by atoms with E-state index in [0.717, 1.165) is 44.0 Å². The summed E-state index contributed by atoms with van der Waals surface area (Å²) in [5.41, 5.74) is 2.75. The van der Waals surface area contributed by atoms with Gasteiger partial charge >= 0.3 is 0 Å². The van der Waals surface area contributed by atoms with Crippen molar-refractivity contribution in [2.24, 2.45) is 4.99 Å². The van der Waals surface area contributed by atoms with Crippen LogP contribution in [0.4, 0.5) is 0 Å². The van der Waals surface area contributed by atoms with Crippen LogP contribution in [0.1, 0.15) is 55.6 Å². The van der Waals surface area contributed by atoms with E-state index in [9.17, 15) is 0 Å². The van der Waals surface area contributed by atoms with Gasteiger partial charge in [0.1, 0.15) is 0 Å². The number of allylic oxidation sites excluding steroid dienone is 1. The summed E-state index contributed by atoms with van der Waals surface area (Å²) >= 11 is 1.77. The van der Waals surface area contributed by atoms with Crippen LogP contribution in [0.2, 0.25) is 0 Å². The smallest absolute Gasteiger partial charge is 0.190 e. The number of hydrogen-bond acceptors (Lipinski definition) is 3. The summed E-state index contributed by atoms with van der Waals surface area (Å²) in [5, 5.41) is 10.2. The first-order valence-corrected chi connectivity index (χ1v) is 9.69. The van der Waals surface area contributed by atoms with Crippen molar-refractivity contribution in [1.29, 1.82) is 0 Å². The predicted molar refractivity (Wildman–Crippen MR) is 100 cm³/mol. The number of rotatable bonds is 8. The molecule has 0 radical (unpaired) electrons. The summed E-state index contributed by atoms with van der Waals surface area (Å²) < 4.78 is 0. The highest BCUT2D eigenvalue weighted by Crippen LogP contribution is 2.19. The summed E-state index contributed by atoms with van der Waals surface area (Å²) in [6.07, 6.45) is 12.2. The number of nitrogens with zero attached hydrogens (tertiary/aromatic N) is 2. The Labute approximate surface area is 144 Å². The van der Waals surface area contributed by atoms with Crippen molar-refractivity contribution in [2.75, 3.05) is 20.1 Å². The van der Waals surface area contributed by atoms with Crippen molar-refractivity contribution < 1.29 is 0 Å². The van der Waals surface area contributed by atoms with Gasteiger partial charge in [-0.2, -0.15) is 0 Å². The van der Waals surface area contributed by atoms with E-state index in [1.807, 2.05) is 7.05 Å². The molecular weight excluding hydrogens is 304 g/mol. The van der Waals surface area contributed by atoms with E-state index < -0.39 is 0 Å². The summed E-state index contributed by atoms with van der Waals surface area (Å²) in [5.74, 6) is 0.923. The van der Waals surface area contributed by atoms with Gasteiger partial charge in [0.25, 0.3) is 0 Å². The Morgan fingerprint density at radius 1 is 1.22 bits per heavy atom. The molecule has 0 saturated heterocycles. The number of hydrogen-bond donors (Lipinski definition) is 2. The van der Waals surface area contributed by atoms with Crippen LogP contribution in [0.25, 0.3) is 0 Å². The maximum atomic E-state index is 4.50. The molecule has 0 spiro atoms. The molecule has 1 aliphatic rings. The molecule has 128 valence electrons. The fourth-order valence-electron chi connectivity index (χ4n) is 2.82. The summed E-state index contributed by atoms with van der Waals surface area (Å²) in [7, 11) is 1.84. The first-order chi connectivity index (χ1) is 11.3. The lowest BCUT2D eigenvalue weighted by Gasteiger charge is -2.15. The van der Waals surface area contributed by atoms with Crippen LogP contribution in [-0.4, -0.2) is 31.1 Å². The maximum absolute atomic E-state index is 4.50. The van der Waals surface area contributed by atoms with Gasteiger partial charge in [-0.1, -0.05) is 11.6 Å². The van der Waals surface area contributed by atoms with Crippen LogP contribution < -0.4 is 10.6 Å². The maximum Gasteiger partial charge on any atom is 0.190 e. The molecule has 1 aromatic rings. The number of unbranched alkanes of at least 4 members (excludes halogenated alkanes) is 1. The largest absolute Gasteiger partial charge is 0.356 e. The Morgan fingerprint density at radius 2 is 2.09 bits per heavy atom. The molecule has 1 aromatic heterocycles. The standard InChI is InChI=1S/C18H30N4S/c1-15-14-23-17(22-15)10-6-7-12-20-18(19-2)21-13-11-16-8-4-3-5-9-16/h8,14H,3-7,9-13H2,1-2H3,(H2,19,20,21). The van der Waals surface area contributed by atoms with Gasteiger partial charge in [-0.05, 0) is 58.3 Å². The molecule has 2 rings (SSSR count). The van der Waals surface area contributed by atoms with E-state index in [2.05, 4.69) is 39.0 Å². The van der Waals surface area contributed by atoms with E-state index in [0.29, 0.717) is 0 Å². The predicted octanol–water partition coefficient (Wildman–Crippen LogP) is 3.83. The Morgan fingerprint density at radius 3 is 2.78 bits per heavy atom. The normalized spacial score (nSPS) is 15.4. The number of aromatic nitrogens is 1. The van der Waals surface area contributed by atoms with Crippen molar-refractivity contribution in [1.82, 2.24) is 15.6 Å². The molecule has 0 fully saturated rings. The minimum absolute atomic E-state index is 0.923. The Hall–Kier alpha value is -1.36. The van der Waals surface area contributed by atoms with Gasteiger partial charge in [0.15, 0.2) is 5.96 Å². The van der Waals surface area contributed by atoms with Crippen LogP contribution in [-0.2, 0) is 6.42 Å². The van der Waals surface area contributed by atoms with E-state index in [1.54, 1.807) is 16.9 Å². The molecule has 4 nitrogen and oxygen atoms in total. The van der Waals surface area contributed by atoms with E-state index >= 15 is 0 Å². The molecule has 2 N–H and O–H groups in total. The molecule has 0 bridgehead atoms. The molecule has 0 amide bonds. The van der Waals surface area contributed by atoms with Crippen LogP contribution in [0.3, 0.4) is 0 Å². The monoisotopic (exact) mass is 334 g/mol. The highest BCUT2D eigenvalue weighted by molar-refractivity contribution is 7.09. The first-order valence-electron chi connectivity index (χ1n) is 8.81. The fraction of sp³-hybridized carbons (Fsp3) is 0.667. The highest BCUT2D eigenvalue weighted by Gasteiger charge is 2.04. The van der Waals surface area contributed by atoms with Crippen molar-refractivity contribution in [2.45, 2.75) is 58.3 Å². The third-order valence-electron chi connectivity index (χ3n) is 4.12. The number of aliphatic imine (C=N–C) groups is 1. The van der Waals surface area contributed by atoms with Gasteiger partial charge in [0, 0.05) is 31.2 Å². The zero-order valence-electron chi connectivity index (χ0n) is 14.5. The molecule has 0 atom stereocenters. The first kappa shape index (κ1) is 18.0. The van der Waals surface area contributed by atoms with E-state index in [1.165, 1.54) is 37.1 Å². The van der Waals surface area contributed by atoms with Crippen LogP contribution in [0.5, 0.6) is 0 Å². The molecule has 23 heavy (non-hydrogen) atoms. The molecule has 0 unspecified atom stereocenters. The molecule has 0 aliphatic heterocycles. The topological polar surface area (TPSA) is 49.3 Å². The summed E-state index contributed by atoms with van der Waals surface area (Å²) in [6, 6.07) is 0. The zero-order valence-corrected chi connectivity index (χ0v) is 15.3. The lowest BCUT2D eigenvalue weighted by atomic mass is 9.97. The molecular formula is C18H30N4S. The van der Waals surface area contributed by atoms with Crippen molar-refractivity contribution >= 4 is 17.3 Å². The van der Waals surface area contributed by atoms with Crippen LogP contribution in [0, 0.1) is 6.92 Å². The number of nitrogens with one attached hydrogen (secondary N) is 2. The van der Waals surface area contributed by atoms with Gasteiger partial charge in [0.05, 0.1) is 5.01 Å². The van der Waals surface area contributed by atoms with Crippen molar-refractivity contribution in [3.63, 3.8) is 0 Å². The van der Waals surface area contributed by atoms with Crippen molar-refractivity contribution in [3.8, 4) is 0 Å². The summed E-state index contributed by atoms with van der Waals surface area (Å²) in [6.45, 7) is 4.00. The second kappa shape index (κ2) is 10.4. The molecule has 1 heterocycles. The zero-order chi connectivity index (χ0) is 16.3.